The van der Waals surface area contributed by atoms with Crippen molar-refractivity contribution in [2.75, 3.05) is 20.3 Å². The molecule has 0 fully saturated rings. The van der Waals surface area contributed by atoms with Gasteiger partial charge in [-0.15, -0.1) is 6.58 Å². The van der Waals surface area contributed by atoms with Crippen molar-refractivity contribution in [3.63, 3.8) is 0 Å². The molecule has 0 aliphatic rings. The first-order valence-corrected chi connectivity index (χ1v) is 4.76. The zero-order valence-electron chi connectivity index (χ0n) is 10.4. The molecule has 0 aromatic heterocycles. The molecule has 0 heterocycles. The molecule has 0 spiro atoms. The van der Waals surface area contributed by atoms with Gasteiger partial charge < -0.3 is 19.9 Å². The molecule has 92 valence electrons. The Morgan fingerprint density at radius 2 is 2.38 bits per heavy atom. The largest absolute Gasteiger partial charge is 0.394 e. The molecule has 16 heavy (non-hydrogen) atoms. The number of esters is 2. The van der Waals surface area contributed by atoms with Gasteiger partial charge in [0.1, 0.15) is 12.1 Å². The SMILES string of the molecule is [3H]OCC(OCC=C)[C@H](NC)C(=O)OC(C)=O. The number of aliphatic hydroxyl groups is 1. The lowest BCUT2D eigenvalue weighted by Gasteiger charge is -2.22. The summed E-state index contributed by atoms with van der Waals surface area (Å²) in [6.45, 7) is 4.66. The summed E-state index contributed by atoms with van der Waals surface area (Å²) in [6, 6.07) is -0.885. The van der Waals surface area contributed by atoms with Gasteiger partial charge in [0, 0.05) is 6.92 Å². The van der Waals surface area contributed by atoms with Gasteiger partial charge in [-0.2, -0.15) is 0 Å². The van der Waals surface area contributed by atoms with E-state index in [1.54, 1.807) is 0 Å². The lowest BCUT2D eigenvalue weighted by atomic mass is 10.1. The Labute approximate surface area is 95.7 Å². The Kier molecular flexibility index (Phi) is 6.39. The molecule has 2 atom stereocenters. The number of carbonyl (C=O) groups is 2. The molecular weight excluding hydrogens is 214 g/mol. The van der Waals surface area contributed by atoms with E-state index >= 15 is 0 Å². The Bertz CT molecular complexity index is 271. The number of nitrogens with one attached hydrogen (secondary N) is 1. The van der Waals surface area contributed by atoms with Gasteiger partial charge in [-0.25, -0.2) is 4.79 Å². The van der Waals surface area contributed by atoms with Crippen LogP contribution in [0.1, 0.15) is 6.92 Å². The van der Waals surface area contributed by atoms with Crippen molar-refractivity contribution < 1.29 is 24.2 Å². The van der Waals surface area contributed by atoms with E-state index in [4.69, 9.17) is 6.17 Å². The molecule has 0 aliphatic heterocycles. The van der Waals surface area contributed by atoms with E-state index in [0.717, 1.165) is 6.92 Å². The molecule has 0 aromatic carbocycles. The summed E-state index contributed by atoms with van der Waals surface area (Å²) < 4.78 is 16.4. The highest BCUT2D eigenvalue weighted by atomic mass is 16.6. The fraction of sp³-hybridized carbons (Fsp3) is 0.600. The molecule has 0 aliphatic carbocycles. The quantitative estimate of drug-likeness (QED) is 0.325. The van der Waals surface area contributed by atoms with Crippen LogP contribution in [-0.4, -0.2) is 50.9 Å². The fourth-order valence-corrected chi connectivity index (χ4v) is 1.09. The van der Waals surface area contributed by atoms with E-state index in [-0.39, 0.29) is 13.2 Å². The molecule has 0 saturated heterocycles. The summed E-state index contributed by atoms with van der Waals surface area (Å²) in [5.41, 5.74) is 0. The van der Waals surface area contributed by atoms with Crippen molar-refractivity contribution in [1.29, 1.82) is 1.43 Å². The predicted molar refractivity (Wildman–Crippen MR) is 56.6 cm³/mol. The molecule has 0 radical (unpaired) electrons. The van der Waals surface area contributed by atoms with Gasteiger partial charge in [0.05, 0.1) is 13.2 Å². The maximum absolute atomic E-state index is 11.5. The van der Waals surface area contributed by atoms with Gasteiger partial charge in [0.25, 0.3) is 0 Å². The average molecular weight is 233 g/mol. The Morgan fingerprint density at radius 3 is 2.81 bits per heavy atom. The van der Waals surface area contributed by atoms with Crippen LogP contribution >= 0.6 is 0 Å². The highest BCUT2D eigenvalue weighted by molar-refractivity contribution is 5.87. The molecule has 6 nitrogen and oxygen atoms in total. The van der Waals surface area contributed by atoms with E-state index in [1.165, 1.54) is 13.1 Å². The lowest BCUT2D eigenvalue weighted by molar-refractivity contribution is -0.162. The third-order valence-electron chi connectivity index (χ3n) is 1.77. The van der Waals surface area contributed by atoms with Gasteiger partial charge in [-0.3, -0.25) is 4.79 Å². The van der Waals surface area contributed by atoms with Crippen molar-refractivity contribution in [2.24, 2.45) is 0 Å². The first-order valence-electron chi connectivity index (χ1n) is 5.17. The minimum atomic E-state index is -0.885. The van der Waals surface area contributed by atoms with Crippen LogP contribution in [0.5, 0.6) is 0 Å². The normalized spacial score (nSPS) is 14.8. The number of rotatable bonds is 8. The molecule has 6 heteroatoms. The standard InChI is InChI=1S/C10H17NO5/c1-4-5-15-8(6-12)9(11-3)10(14)16-7(2)13/h4,8-9,11-12H,1,5-6H2,2-3H3/t8?,9-/m0/s1/i12T. The second-order valence-electron chi connectivity index (χ2n) is 3.01. The molecule has 0 bridgehead atoms. The van der Waals surface area contributed by atoms with Gasteiger partial charge in [0.15, 0.2) is 0 Å². The van der Waals surface area contributed by atoms with E-state index in [2.05, 4.69) is 21.7 Å². The highest BCUT2D eigenvalue weighted by Crippen LogP contribution is 2.02. The first kappa shape index (κ1) is 12.8. The van der Waals surface area contributed by atoms with Crippen molar-refractivity contribution >= 4 is 11.9 Å². The van der Waals surface area contributed by atoms with Crippen LogP contribution < -0.4 is 5.32 Å². The van der Waals surface area contributed by atoms with Gasteiger partial charge in [-0.05, 0) is 7.05 Å². The number of hydrogen-bond donors (Lipinski definition) is 2. The molecule has 0 aromatic rings. The van der Waals surface area contributed by atoms with Crippen LogP contribution in [0.4, 0.5) is 0 Å². The first-order chi connectivity index (χ1) is 8.06. The summed E-state index contributed by atoms with van der Waals surface area (Å²) in [7, 11) is 1.51. The van der Waals surface area contributed by atoms with Crippen molar-refractivity contribution in [3.05, 3.63) is 12.7 Å². The number of ether oxygens (including phenoxy) is 2. The van der Waals surface area contributed by atoms with E-state index < -0.39 is 24.1 Å². The molecule has 0 rings (SSSR count). The van der Waals surface area contributed by atoms with Crippen LogP contribution in [-0.2, 0) is 19.1 Å². The summed E-state index contributed by atoms with van der Waals surface area (Å²) in [6.07, 6.45) is 0.766. The van der Waals surface area contributed by atoms with Crippen LogP contribution in [0.2, 0.25) is 0 Å². The summed E-state index contributed by atoms with van der Waals surface area (Å²) in [5, 5.41) is 6.85. The number of hydrogen-bond acceptors (Lipinski definition) is 6. The average Bonchev–Trinajstić information content (AvgIpc) is 2.25. The third kappa shape index (κ3) is 5.01. The minimum Gasteiger partial charge on any atom is -0.394 e. The van der Waals surface area contributed by atoms with Crippen LogP contribution in [0.25, 0.3) is 0 Å². The third-order valence-corrected chi connectivity index (χ3v) is 1.77. The Balaban J connectivity index is 4.56. The molecule has 0 saturated carbocycles. The maximum atomic E-state index is 11.5. The second kappa shape index (κ2) is 7.98. The molecular formula is C10H17NO5. The van der Waals surface area contributed by atoms with Gasteiger partial charge in [0.2, 0.25) is 1.43 Å². The van der Waals surface area contributed by atoms with Crippen molar-refractivity contribution in [2.45, 2.75) is 19.1 Å². The topological polar surface area (TPSA) is 84.9 Å². The molecule has 1 unspecified atom stereocenters. The Morgan fingerprint density at radius 1 is 1.69 bits per heavy atom. The predicted octanol–water partition coefficient (Wildman–Crippen LogP) is -0.772. The second-order valence-corrected chi connectivity index (χ2v) is 3.01. The summed E-state index contributed by atoms with van der Waals surface area (Å²) >= 11 is 0. The van der Waals surface area contributed by atoms with E-state index in [9.17, 15) is 9.59 Å². The fourth-order valence-electron chi connectivity index (χ4n) is 1.09. The zero-order chi connectivity index (χ0) is 13.3. The van der Waals surface area contributed by atoms with E-state index in [0.29, 0.717) is 0 Å². The summed E-state index contributed by atoms with van der Waals surface area (Å²) in [4.78, 5) is 22.2. The van der Waals surface area contributed by atoms with Crippen LogP contribution in [0.15, 0.2) is 12.7 Å². The van der Waals surface area contributed by atoms with Crippen molar-refractivity contribution in [1.82, 2.24) is 5.32 Å². The zero-order valence-corrected chi connectivity index (χ0v) is 9.39. The number of likely N-dealkylation sites (N-methyl/N-ethyl adjacent to an activating group) is 1. The highest BCUT2D eigenvalue weighted by Gasteiger charge is 2.29. The van der Waals surface area contributed by atoms with Crippen LogP contribution in [0.3, 0.4) is 0 Å². The van der Waals surface area contributed by atoms with Gasteiger partial charge in [-0.1, -0.05) is 6.08 Å². The van der Waals surface area contributed by atoms with Crippen molar-refractivity contribution in [3.8, 4) is 0 Å². The Hall–Kier alpha value is -1.24. The number of aliphatic hydroxyl groups excluding tert-OH is 1. The van der Waals surface area contributed by atoms with Gasteiger partial charge >= 0.3 is 11.9 Å². The molecule has 0 amide bonds. The van der Waals surface area contributed by atoms with Crippen LogP contribution in [0, 0.1) is 0 Å². The monoisotopic (exact) mass is 233 g/mol. The molecule has 2 N–H and O–H groups in total. The minimum absolute atomic E-state index is 0.133. The smallest absolute Gasteiger partial charge is 0.333 e. The lowest BCUT2D eigenvalue weighted by Crippen LogP contribution is -2.48. The number of carbonyl (C=O) groups excluding carboxylic acids is 2. The maximum Gasteiger partial charge on any atom is 0.333 e. The van der Waals surface area contributed by atoms with E-state index in [1.807, 2.05) is 0 Å². The summed E-state index contributed by atoms with van der Waals surface area (Å²) in [5.74, 6) is -1.48.